The number of carbonyl (C=O) groups is 1. The van der Waals surface area contributed by atoms with Crippen molar-refractivity contribution in [2.45, 2.75) is 26.4 Å². The van der Waals surface area contributed by atoms with Crippen LogP contribution in [-0.2, 0) is 17.9 Å². The van der Waals surface area contributed by atoms with Crippen LogP contribution in [0.1, 0.15) is 16.3 Å². The van der Waals surface area contributed by atoms with Crippen LogP contribution in [0.25, 0.3) is 11.1 Å². The lowest BCUT2D eigenvalue weighted by Crippen LogP contribution is -2.21. The van der Waals surface area contributed by atoms with Crippen LogP contribution in [0.2, 0.25) is 0 Å². The first-order chi connectivity index (χ1) is 14.3. The van der Waals surface area contributed by atoms with Crippen LogP contribution in [-0.4, -0.2) is 29.8 Å². The van der Waals surface area contributed by atoms with Gasteiger partial charge in [0.25, 0.3) is 0 Å². The number of aromatic nitrogens is 1. The second-order valence-electron chi connectivity index (χ2n) is 6.49. The number of alkyl halides is 3. The Morgan fingerprint density at radius 2 is 1.80 bits per heavy atom. The average Bonchev–Trinajstić information content (AvgIpc) is 3.11. The molecule has 9 heteroatoms. The summed E-state index contributed by atoms with van der Waals surface area (Å²) in [7, 11) is 1.54. The molecular weight excluding hydrogens is 417 g/mol. The summed E-state index contributed by atoms with van der Waals surface area (Å²) < 4.78 is 46.3. The zero-order chi connectivity index (χ0) is 21.7. The maximum absolute atomic E-state index is 12.3. The molecule has 0 saturated heterocycles. The van der Waals surface area contributed by atoms with E-state index in [1.807, 2.05) is 18.4 Å². The standard InChI is InChI=1S/C21H19F3N2O3S/c1-14-12-30-20(25-14)11-26(13-27)10-17-9-16(5-8-19(17)28-2)15-3-6-18(7-4-15)29-21(22,23)24/h3-9,12-13H,10-11H2,1-2H3. The molecule has 30 heavy (non-hydrogen) atoms. The maximum Gasteiger partial charge on any atom is 0.573 e. The highest BCUT2D eigenvalue weighted by atomic mass is 32.1. The Hall–Kier alpha value is -3.07. The number of carbonyl (C=O) groups excluding carboxylic acids is 1. The van der Waals surface area contributed by atoms with Gasteiger partial charge in [0, 0.05) is 23.2 Å². The molecule has 0 aliphatic heterocycles. The molecule has 0 radical (unpaired) electrons. The fraction of sp³-hybridized carbons (Fsp3) is 0.238. The van der Waals surface area contributed by atoms with Crippen molar-refractivity contribution in [1.29, 1.82) is 0 Å². The maximum atomic E-state index is 12.3. The number of benzene rings is 2. The van der Waals surface area contributed by atoms with E-state index in [4.69, 9.17) is 4.74 Å². The van der Waals surface area contributed by atoms with Crippen molar-refractivity contribution in [3.8, 4) is 22.6 Å². The van der Waals surface area contributed by atoms with Gasteiger partial charge in [-0.1, -0.05) is 18.2 Å². The minimum absolute atomic E-state index is 0.286. The van der Waals surface area contributed by atoms with Crippen molar-refractivity contribution in [3.63, 3.8) is 0 Å². The molecule has 0 aliphatic carbocycles. The van der Waals surface area contributed by atoms with Gasteiger partial charge in [0.05, 0.1) is 13.7 Å². The monoisotopic (exact) mass is 436 g/mol. The molecule has 1 aromatic heterocycles. The van der Waals surface area contributed by atoms with E-state index in [9.17, 15) is 18.0 Å². The number of amides is 1. The van der Waals surface area contributed by atoms with E-state index in [0.717, 1.165) is 28.2 Å². The molecule has 2 aromatic carbocycles. The molecule has 3 rings (SSSR count). The molecule has 0 aliphatic rings. The average molecular weight is 436 g/mol. The fourth-order valence-electron chi connectivity index (χ4n) is 2.93. The van der Waals surface area contributed by atoms with E-state index in [1.54, 1.807) is 29.2 Å². The Bertz CT molecular complexity index is 1000. The van der Waals surface area contributed by atoms with E-state index in [1.165, 1.54) is 30.6 Å². The van der Waals surface area contributed by atoms with Crippen LogP contribution >= 0.6 is 11.3 Å². The van der Waals surface area contributed by atoms with E-state index in [0.29, 0.717) is 24.4 Å². The Morgan fingerprint density at radius 3 is 2.37 bits per heavy atom. The first kappa shape index (κ1) is 21.6. The number of ether oxygens (including phenoxy) is 2. The molecule has 0 spiro atoms. The molecule has 1 heterocycles. The molecule has 0 atom stereocenters. The van der Waals surface area contributed by atoms with Gasteiger partial charge in [-0.3, -0.25) is 4.79 Å². The van der Waals surface area contributed by atoms with Crippen LogP contribution in [0.3, 0.4) is 0 Å². The Labute approximate surface area is 175 Å². The smallest absolute Gasteiger partial charge is 0.496 e. The van der Waals surface area contributed by atoms with Gasteiger partial charge in [-0.2, -0.15) is 0 Å². The van der Waals surface area contributed by atoms with E-state index >= 15 is 0 Å². The number of hydrogen-bond donors (Lipinski definition) is 0. The number of hydrogen-bond acceptors (Lipinski definition) is 5. The molecule has 1 amide bonds. The van der Waals surface area contributed by atoms with Gasteiger partial charge in [-0.05, 0) is 42.3 Å². The molecule has 0 saturated carbocycles. The largest absolute Gasteiger partial charge is 0.573 e. The predicted octanol–water partition coefficient (Wildman–Crippen LogP) is 5.18. The van der Waals surface area contributed by atoms with Gasteiger partial charge in [0.2, 0.25) is 6.41 Å². The van der Waals surface area contributed by atoms with Gasteiger partial charge in [0.15, 0.2) is 0 Å². The topological polar surface area (TPSA) is 51.7 Å². The molecular formula is C21H19F3N2O3S. The number of aryl methyl sites for hydroxylation is 1. The molecule has 0 N–H and O–H groups in total. The van der Waals surface area contributed by atoms with E-state index in [-0.39, 0.29) is 5.75 Å². The molecule has 3 aromatic rings. The fourth-order valence-corrected chi connectivity index (χ4v) is 3.73. The summed E-state index contributed by atoms with van der Waals surface area (Å²) in [4.78, 5) is 17.5. The highest BCUT2D eigenvalue weighted by molar-refractivity contribution is 7.09. The van der Waals surface area contributed by atoms with Crippen molar-refractivity contribution < 1.29 is 27.4 Å². The first-order valence-corrected chi connectivity index (χ1v) is 9.79. The Kier molecular flexibility index (Phi) is 6.61. The van der Waals surface area contributed by atoms with Gasteiger partial charge >= 0.3 is 6.36 Å². The number of halogens is 3. The second kappa shape index (κ2) is 9.17. The quantitative estimate of drug-likeness (QED) is 0.457. The Morgan fingerprint density at radius 1 is 1.10 bits per heavy atom. The summed E-state index contributed by atoms with van der Waals surface area (Å²) in [6, 6.07) is 11.0. The van der Waals surface area contributed by atoms with Crippen LogP contribution < -0.4 is 9.47 Å². The number of rotatable bonds is 8. The lowest BCUT2D eigenvalue weighted by molar-refractivity contribution is -0.274. The summed E-state index contributed by atoms with van der Waals surface area (Å²) in [5.74, 6) is 0.323. The summed E-state index contributed by atoms with van der Waals surface area (Å²) in [5, 5.41) is 2.75. The van der Waals surface area contributed by atoms with Gasteiger partial charge in [0.1, 0.15) is 16.5 Å². The molecule has 158 valence electrons. The third-order valence-corrected chi connectivity index (χ3v) is 5.18. The van der Waals surface area contributed by atoms with Crippen molar-refractivity contribution in [3.05, 3.63) is 64.1 Å². The summed E-state index contributed by atoms with van der Waals surface area (Å²) in [5.41, 5.74) is 3.16. The summed E-state index contributed by atoms with van der Waals surface area (Å²) >= 11 is 1.48. The van der Waals surface area contributed by atoms with Crippen LogP contribution in [0.15, 0.2) is 47.8 Å². The Balaban J connectivity index is 1.81. The predicted molar refractivity (Wildman–Crippen MR) is 107 cm³/mol. The minimum Gasteiger partial charge on any atom is -0.496 e. The van der Waals surface area contributed by atoms with Crippen molar-refractivity contribution in [2.75, 3.05) is 7.11 Å². The highest BCUT2D eigenvalue weighted by Gasteiger charge is 2.31. The lowest BCUT2D eigenvalue weighted by Gasteiger charge is -2.19. The summed E-state index contributed by atoms with van der Waals surface area (Å²) in [6.45, 7) is 2.57. The number of thiazole rings is 1. The van der Waals surface area contributed by atoms with Crippen molar-refractivity contribution in [1.82, 2.24) is 9.88 Å². The first-order valence-electron chi connectivity index (χ1n) is 8.91. The van der Waals surface area contributed by atoms with E-state index < -0.39 is 6.36 Å². The molecule has 5 nitrogen and oxygen atoms in total. The normalized spacial score (nSPS) is 11.2. The minimum atomic E-state index is -4.73. The second-order valence-corrected chi connectivity index (χ2v) is 7.43. The molecule has 0 bridgehead atoms. The van der Waals surface area contributed by atoms with Crippen molar-refractivity contribution >= 4 is 17.7 Å². The molecule has 0 fully saturated rings. The zero-order valence-corrected chi connectivity index (χ0v) is 17.1. The van der Waals surface area contributed by atoms with Crippen LogP contribution in [0, 0.1) is 6.92 Å². The van der Waals surface area contributed by atoms with Gasteiger partial charge in [-0.15, -0.1) is 24.5 Å². The lowest BCUT2D eigenvalue weighted by atomic mass is 10.0. The van der Waals surface area contributed by atoms with Gasteiger partial charge < -0.3 is 14.4 Å². The third kappa shape index (κ3) is 5.73. The third-order valence-electron chi connectivity index (χ3n) is 4.23. The number of nitrogens with zero attached hydrogens (tertiary/aromatic N) is 2. The molecule has 0 unspecified atom stereocenters. The van der Waals surface area contributed by atoms with Crippen LogP contribution in [0.4, 0.5) is 13.2 Å². The highest BCUT2D eigenvalue weighted by Crippen LogP contribution is 2.30. The SMILES string of the molecule is COc1ccc(-c2ccc(OC(F)(F)F)cc2)cc1CN(C=O)Cc1nc(C)cs1. The summed E-state index contributed by atoms with van der Waals surface area (Å²) in [6.07, 6.45) is -3.98. The zero-order valence-electron chi connectivity index (χ0n) is 16.3. The van der Waals surface area contributed by atoms with Gasteiger partial charge in [-0.25, -0.2) is 4.98 Å². The number of methoxy groups -OCH3 is 1. The van der Waals surface area contributed by atoms with E-state index in [2.05, 4.69) is 9.72 Å². The van der Waals surface area contributed by atoms with Crippen molar-refractivity contribution in [2.24, 2.45) is 0 Å². The van der Waals surface area contributed by atoms with Crippen LogP contribution in [0.5, 0.6) is 11.5 Å².